The summed E-state index contributed by atoms with van der Waals surface area (Å²) in [5.41, 5.74) is 5.81. The number of anilines is 1. The molecule has 1 N–H and O–H groups in total. The zero-order valence-corrected chi connectivity index (χ0v) is 17.3. The molecule has 0 aliphatic rings. The molecule has 150 valence electrons. The van der Waals surface area contributed by atoms with E-state index in [4.69, 9.17) is 9.47 Å². The Bertz CT molecular complexity index is 972. The highest BCUT2D eigenvalue weighted by molar-refractivity contribution is 9.10. The number of aromatic nitrogens is 3. The van der Waals surface area contributed by atoms with Gasteiger partial charge in [-0.05, 0) is 40.2 Å². The van der Waals surface area contributed by atoms with Crippen molar-refractivity contribution in [3.63, 3.8) is 0 Å². The van der Waals surface area contributed by atoms with E-state index in [1.54, 1.807) is 19.5 Å². The summed E-state index contributed by atoms with van der Waals surface area (Å²) < 4.78 is 24.8. The predicted molar refractivity (Wildman–Crippen MR) is 112 cm³/mol. The van der Waals surface area contributed by atoms with Crippen LogP contribution in [0.25, 0.3) is 0 Å². The fourth-order valence-electron chi connectivity index (χ4n) is 2.44. The van der Waals surface area contributed by atoms with E-state index in [-0.39, 0.29) is 6.61 Å². The SMILES string of the molecule is COCCOc1cc(F)ncc1N/N=C(/Cc1ccccn1)c1ccnc(Br)c1. The second-order valence-corrected chi connectivity index (χ2v) is 6.69. The molecule has 0 aromatic carbocycles. The minimum atomic E-state index is -0.640. The fraction of sp³-hybridized carbons (Fsp3) is 0.200. The molecular formula is C20H19BrFN5O2. The Morgan fingerprint density at radius 2 is 2.03 bits per heavy atom. The molecule has 0 saturated carbocycles. The highest BCUT2D eigenvalue weighted by atomic mass is 79.9. The van der Waals surface area contributed by atoms with Gasteiger partial charge in [0.25, 0.3) is 0 Å². The molecule has 29 heavy (non-hydrogen) atoms. The summed E-state index contributed by atoms with van der Waals surface area (Å²) in [7, 11) is 1.57. The van der Waals surface area contributed by atoms with Crippen molar-refractivity contribution in [2.24, 2.45) is 5.10 Å². The normalized spacial score (nSPS) is 11.3. The molecule has 0 aliphatic carbocycles. The smallest absolute Gasteiger partial charge is 0.216 e. The second-order valence-electron chi connectivity index (χ2n) is 5.88. The van der Waals surface area contributed by atoms with Gasteiger partial charge in [0.15, 0.2) is 5.75 Å². The number of halogens is 2. The van der Waals surface area contributed by atoms with Crippen molar-refractivity contribution in [3.8, 4) is 5.75 Å². The highest BCUT2D eigenvalue weighted by Crippen LogP contribution is 2.24. The Hall–Kier alpha value is -2.91. The van der Waals surface area contributed by atoms with Gasteiger partial charge in [0.1, 0.15) is 16.9 Å². The van der Waals surface area contributed by atoms with E-state index in [1.807, 2.05) is 30.3 Å². The lowest BCUT2D eigenvalue weighted by Gasteiger charge is -2.12. The third-order valence-corrected chi connectivity index (χ3v) is 4.26. The van der Waals surface area contributed by atoms with Crippen LogP contribution in [0.4, 0.5) is 10.1 Å². The summed E-state index contributed by atoms with van der Waals surface area (Å²) in [6.45, 7) is 0.652. The number of hydrogen-bond acceptors (Lipinski definition) is 7. The number of hydrazone groups is 1. The molecule has 3 aromatic rings. The topological polar surface area (TPSA) is 81.5 Å². The molecule has 0 atom stereocenters. The van der Waals surface area contributed by atoms with E-state index in [0.717, 1.165) is 17.0 Å². The van der Waals surface area contributed by atoms with Gasteiger partial charge >= 0.3 is 0 Å². The first-order chi connectivity index (χ1) is 14.2. The summed E-state index contributed by atoms with van der Waals surface area (Å²) in [5.74, 6) is -0.342. The van der Waals surface area contributed by atoms with Crippen molar-refractivity contribution < 1.29 is 13.9 Å². The number of ether oxygens (including phenoxy) is 2. The van der Waals surface area contributed by atoms with Crippen LogP contribution >= 0.6 is 15.9 Å². The van der Waals surface area contributed by atoms with Gasteiger partial charge in [-0.2, -0.15) is 9.49 Å². The molecule has 7 nitrogen and oxygen atoms in total. The Morgan fingerprint density at radius 3 is 2.79 bits per heavy atom. The van der Waals surface area contributed by atoms with Crippen molar-refractivity contribution in [2.75, 3.05) is 25.7 Å². The van der Waals surface area contributed by atoms with Crippen LogP contribution in [0.3, 0.4) is 0 Å². The number of hydrogen-bond donors (Lipinski definition) is 1. The number of methoxy groups -OCH3 is 1. The van der Waals surface area contributed by atoms with Crippen molar-refractivity contribution in [2.45, 2.75) is 6.42 Å². The minimum Gasteiger partial charge on any atom is -0.489 e. The number of nitrogens with zero attached hydrogens (tertiary/aromatic N) is 4. The molecule has 0 unspecified atom stereocenters. The maximum atomic E-state index is 13.5. The van der Waals surface area contributed by atoms with Gasteiger partial charge < -0.3 is 9.47 Å². The van der Waals surface area contributed by atoms with E-state index >= 15 is 0 Å². The predicted octanol–water partition coefficient (Wildman–Crippen LogP) is 3.86. The maximum Gasteiger partial charge on any atom is 0.216 e. The number of rotatable bonds is 9. The van der Waals surface area contributed by atoms with Crippen LogP contribution in [0.5, 0.6) is 5.75 Å². The molecule has 9 heteroatoms. The summed E-state index contributed by atoms with van der Waals surface area (Å²) in [6.07, 6.45) is 5.24. The van der Waals surface area contributed by atoms with Crippen LogP contribution in [0.1, 0.15) is 11.3 Å². The summed E-state index contributed by atoms with van der Waals surface area (Å²) >= 11 is 3.38. The van der Waals surface area contributed by atoms with Crippen molar-refractivity contribution >= 4 is 27.3 Å². The summed E-state index contributed by atoms with van der Waals surface area (Å²) in [6, 6.07) is 10.6. The first-order valence-electron chi connectivity index (χ1n) is 8.77. The van der Waals surface area contributed by atoms with Gasteiger partial charge in [0.2, 0.25) is 5.95 Å². The Morgan fingerprint density at radius 1 is 1.14 bits per heavy atom. The van der Waals surface area contributed by atoms with Crippen molar-refractivity contribution in [1.82, 2.24) is 15.0 Å². The summed E-state index contributed by atoms with van der Waals surface area (Å²) in [5, 5.41) is 4.52. The van der Waals surface area contributed by atoms with Gasteiger partial charge in [-0.15, -0.1) is 0 Å². The molecule has 0 bridgehead atoms. The molecular weight excluding hydrogens is 441 g/mol. The fourth-order valence-corrected chi connectivity index (χ4v) is 2.81. The Labute approximate surface area is 176 Å². The van der Waals surface area contributed by atoms with Gasteiger partial charge in [0.05, 0.1) is 18.5 Å². The van der Waals surface area contributed by atoms with Crippen molar-refractivity contribution in [1.29, 1.82) is 0 Å². The van der Waals surface area contributed by atoms with Crippen molar-refractivity contribution in [3.05, 3.63) is 76.8 Å². The van der Waals surface area contributed by atoms with Crippen LogP contribution in [0, 0.1) is 5.95 Å². The summed E-state index contributed by atoms with van der Waals surface area (Å²) in [4.78, 5) is 12.2. The molecule has 3 rings (SSSR count). The number of pyridine rings is 3. The first kappa shape index (κ1) is 20.8. The van der Waals surface area contributed by atoms with Gasteiger partial charge in [0, 0.05) is 43.2 Å². The molecule has 3 heterocycles. The molecule has 0 saturated heterocycles. The monoisotopic (exact) mass is 459 g/mol. The number of nitrogens with one attached hydrogen (secondary N) is 1. The lowest BCUT2D eigenvalue weighted by Crippen LogP contribution is -2.11. The maximum absolute atomic E-state index is 13.5. The highest BCUT2D eigenvalue weighted by Gasteiger charge is 2.10. The van der Waals surface area contributed by atoms with Crippen LogP contribution in [-0.4, -0.2) is 41.0 Å². The van der Waals surface area contributed by atoms with Gasteiger partial charge in [-0.25, -0.2) is 9.97 Å². The van der Waals surface area contributed by atoms with Crippen LogP contribution in [-0.2, 0) is 11.2 Å². The zero-order valence-electron chi connectivity index (χ0n) is 15.7. The zero-order chi connectivity index (χ0) is 20.5. The minimum absolute atomic E-state index is 0.274. The largest absolute Gasteiger partial charge is 0.489 e. The molecule has 3 aromatic heterocycles. The third kappa shape index (κ3) is 6.30. The lowest BCUT2D eigenvalue weighted by atomic mass is 10.1. The van der Waals surface area contributed by atoms with Gasteiger partial charge in [-0.3, -0.25) is 10.4 Å². The van der Waals surface area contributed by atoms with E-state index in [9.17, 15) is 4.39 Å². The molecule has 0 fully saturated rings. The molecule has 0 radical (unpaired) electrons. The quantitative estimate of drug-likeness (QED) is 0.226. The van der Waals surface area contributed by atoms with Crippen LogP contribution in [0.15, 0.2) is 64.7 Å². The first-order valence-corrected chi connectivity index (χ1v) is 9.56. The van der Waals surface area contributed by atoms with Crippen LogP contribution < -0.4 is 10.2 Å². The average Bonchev–Trinajstić information content (AvgIpc) is 2.73. The van der Waals surface area contributed by atoms with E-state index in [2.05, 4.69) is 41.4 Å². The third-order valence-electron chi connectivity index (χ3n) is 3.82. The van der Waals surface area contributed by atoms with E-state index in [0.29, 0.717) is 29.1 Å². The average molecular weight is 460 g/mol. The lowest BCUT2D eigenvalue weighted by molar-refractivity contribution is 0.146. The molecule has 0 spiro atoms. The molecule has 0 aliphatic heterocycles. The van der Waals surface area contributed by atoms with Gasteiger partial charge in [-0.1, -0.05) is 6.07 Å². The van der Waals surface area contributed by atoms with E-state index in [1.165, 1.54) is 12.3 Å². The Balaban J connectivity index is 1.88. The van der Waals surface area contributed by atoms with E-state index < -0.39 is 5.95 Å². The van der Waals surface area contributed by atoms with Crippen LogP contribution in [0.2, 0.25) is 0 Å². The Kier molecular flexibility index (Phi) is 7.60. The standard InChI is InChI=1S/C20H19BrFN5O2/c1-28-8-9-29-18-12-20(22)25-13-17(18)27-26-16(11-15-4-2-3-6-23-15)14-5-7-24-19(21)10-14/h2-7,10,12-13,27H,8-9,11H2,1H3/b26-16-. The second kappa shape index (κ2) is 10.6. The molecule has 0 amide bonds.